The molecule has 0 aromatic heterocycles. The van der Waals surface area contributed by atoms with Gasteiger partial charge in [0.15, 0.2) is 0 Å². The highest BCUT2D eigenvalue weighted by atomic mass is 16.4. The second kappa shape index (κ2) is 8.49. The Balaban J connectivity index is 2.34. The number of carboxylic acid groups (broad SMARTS) is 1. The van der Waals surface area contributed by atoms with Gasteiger partial charge in [-0.1, -0.05) is 80.6 Å². The predicted octanol–water partition coefficient (Wildman–Crippen LogP) is 5.41. The van der Waals surface area contributed by atoms with Gasteiger partial charge in [0.1, 0.15) is 0 Å². The van der Waals surface area contributed by atoms with E-state index in [0.29, 0.717) is 0 Å². The third-order valence-electron chi connectivity index (χ3n) is 4.63. The standard InChI is InChI=1S/C22H26O2/c1-4-18-11-13-20(14-12-18)21(15-10-16(2)22(23)24)17(3)19-8-6-5-7-9-19/h5-17,21H,4H2,1-3H3,(H,23,24). The molecule has 2 nitrogen and oxygen atoms in total. The SMILES string of the molecule is CCc1ccc(C(C=CC(C)C(=O)O)C(C)c2ccccc2)cc1. The number of aryl methyl sites for hydroxylation is 1. The number of benzene rings is 2. The Morgan fingerprint density at radius 3 is 2.12 bits per heavy atom. The van der Waals surface area contributed by atoms with Crippen LogP contribution in [0.2, 0.25) is 0 Å². The molecule has 3 unspecified atom stereocenters. The summed E-state index contributed by atoms with van der Waals surface area (Å²) in [5.74, 6) is -0.847. The van der Waals surface area contributed by atoms with Gasteiger partial charge in [0.25, 0.3) is 0 Å². The molecule has 0 heterocycles. The molecule has 0 fully saturated rings. The molecule has 0 aliphatic carbocycles. The Labute approximate surface area is 144 Å². The van der Waals surface area contributed by atoms with Crippen molar-refractivity contribution in [2.45, 2.75) is 39.0 Å². The van der Waals surface area contributed by atoms with E-state index >= 15 is 0 Å². The molecule has 0 bridgehead atoms. The van der Waals surface area contributed by atoms with Crippen molar-refractivity contribution in [3.05, 3.63) is 83.4 Å². The van der Waals surface area contributed by atoms with Crippen LogP contribution in [-0.4, -0.2) is 11.1 Å². The second-order valence-corrected chi connectivity index (χ2v) is 6.33. The largest absolute Gasteiger partial charge is 0.481 e. The molecule has 1 N–H and O–H groups in total. The van der Waals surface area contributed by atoms with Gasteiger partial charge in [-0.2, -0.15) is 0 Å². The third kappa shape index (κ3) is 4.58. The van der Waals surface area contributed by atoms with E-state index in [2.05, 4.69) is 56.3 Å². The number of allylic oxidation sites excluding steroid dienone is 1. The Morgan fingerprint density at radius 1 is 0.958 bits per heavy atom. The van der Waals surface area contributed by atoms with E-state index in [1.165, 1.54) is 16.7 Å². The van der Waals surface area contributed by atoms with Crippen LogP contribution >= 0.6 is 0 Å². The molecule has 2 aromatic carbocycles. The molecular weight excluding hydrogens is 296 g/mol. The van der Waals surface area contributed by atoms with Gasteiger partial charge in [0, 0.05) is 5.92 Å². The summed E-state index contributed by atoms with van der Waals surface area (Å²) in [6.07, 6.45) is 4.88. The van der Waals surface area contributed by atoms with Crippen LogP contribution in [0.15, 0.2) is 66.7 Å². The van der Waals surface area contributed by atoms with Crippen molar-refractivity contribution in [3.63, 3.8) is 0 Å². The minimum Gasteiger partial charge on any atom is -0.481 e. The summed E-state index contributed by atoms with van der Waals surface area (Å²) in [6.45, 7) is 6.06. The van der Waals surface area contributed by atoms with Crippen molar-refractivity contribution in [1.82, 2.24) is 0 Å². The van der Waals surface area contributed by atoms with Crippen LogP contribution in [0.5, 0.6) is 0 Å². The summed E-state index contributed by atoms with van der Waals surface area (Å²) < 4.78 is 0. The molecule has 2 rings (SSSR count). The number of carboxylic acids is 1. The van der Waals surface area contributed by atoms with Gasteiger partial charge in [0.2, 0.25) is 0 Å². The number of hydrogen-bond acceptors (Lipinski definition) is 1. The smallest absolute Gasteiger partial charge is 0.310 e. The predicted molar refractivity (Wildman–Crippen MR) is 99.4 cm³/mol. The van der Waals surface area contributed by atoms with Gasteiger partial charge in [-0.05, 0) is 36.0 Å². The zero-order valence-corrected chi connectivity index (χ0v) is 14.6. The van der Waals surface area contributed by atoms with Crippen LogP contribution in [0, 0.1) is 5.92 Å². The maximum absolute atomic E-state index is 11.1. The first-order valence-corrected chi connectivity index (χ1v) is 8.57. The average molecular weight is 322 g/mol. The molecule has 2 aromatic rings. The fourth-order valence-electron chi connectivity index (χ4n) is 2.87. The molecule has 0 amide bonds. The molecule has 24 heavy (non-hydrogen) atoms. The average Bonchev–Trinajstić information content (AvgIpc) is 2.62. The zero-order chi connectivity index (χ0) is 17.5. The Kier molecular flexibility index (Phi) is 6.36. The molecule has 2 heteroatoms. The monoisotopic (exact) mass is 322 g/mol. The van der Waals surface area contributed by atoms with E-state index in [4.69, 9.17) is 5.11 Å². The molecule has 0 radical (unpaired) electrons. The molecule has 0 saturated heterocycles. The van der Waals surface area contributed by atoms with Gasteiger partial charge in [-0.15, -0.1) is 0 Å². The van der Waals surface area contributed by atoms with Crippen LogP contribution < -0.4 is 0 Å². The van der Waals surface area contributed by atoms with Crippen LogP contribution in [0.3, 0.4) is 0 Å². The normalized spacial score (nSPS) is 15.1. The van der Waals surface area contributed by atoms with Crippen LogP contribution in [0.25, 0.3) is 0 Å². The quantitative estimate of drug-likeness (QED) is 0.692. The Morgan fingerprint density at radius 2 is 1.58 bits per heavy atom. The van der Waals surface area contributed by atoms with Gasteiger partial charge in [-0.25, -0.2) is 0 Å². The molecule has 3 atom stereocenters. The molecule has 0 aliphatic rings. The van der Waals surface area contributed by atoms with Crippen LogP contribution in [0.1, 0.15) is 49.3 Å². The first kappa shape index (κ1) is 18.0. The van der Waals surface area contributed by atoms with Crippen molar-refractivity contribution >= 4 is 5.97 Å². The molecule has 126 valence electrons. The van der Waals surface area contributed by atoms with Crippen LogP contribution in [0.4, 0.5) is 0 Å². The van der Waals surface area contributed by atoms with Crippen LogP contribution in [-0.2, 0) is 11.2 Å². The van der Waals surface area contributed by atoms with Gasteiger partial charge in [-0.3, -0.25) is 4.79 Å². The Bertz CT molecular complexity index is 671. The first-order valence-electron chi connectivity index (χ1n) is 8.57. The van der Waals surface area contributed by atoms with E-state index in [9.17, 15) is 4.79 Å². The van der Waals surface area contributed by atoms with E-state index in [1.54, 1.807) is 13.0 Å². The lowest BCUT2D eigenvalue weighted by atomic mass is 9.81. The lowest BCUT2D eigenvalue weighted by molar-refractivity contribution is -0.139. The summed E-state index contributed by atoms with van der Waals surface area (Å²) in [6, 6.07) is 19.0. The second-order valence-electron chi connectivity index (χ2n) is 6.33. The highest BCUT2D eigenvalue weighted by Gasteiger charge is 2.19. The van der Waals surface area contributed by atoms with Crippen molar-refractivity contribution in [2.24, 2.45) is 5.92 Å². The molecular formula is C22H26O2. The van der Waals surface area contributed by atoms with E-state index in [1.807, 2.05) is 18.2 Å². The van der Waals surface area contributed by atoms with Gasteiger partial charge in [0.05, 0.1) is 5.92 Å². The first-order chi connectivity index (χ1) is 11.5. The minimum absolute atomic E-state index is 0.153. The molecule has 0 saturated carbocycles. The van der Waals surface area contributed by atoms with E-state index in [-0.39, 0.29) is 11.8 Å². The fourth-order valence-corrected chi connectivity index (χ4v) is 2.87. The highest BCUT2D eigenvalue weighted by Crippen LogP contribution is 2.34. The van der Waals surface area contributed by atoms with Crippen molar-refractivity contribution in [2.75, 3.05) is 0 Å². The van der Waals surface area contributed by atoms with E-state index < -0.39 is 11.9 Å². The molecule has 0 spiro atoms. The highest BCUT2D eigenvalue weighted by molar-refractivity contribution is 5.71. The summed E-state index contributed by atoms with van der Waals surface area (Å²) in [4.78, 5) is 11.1. The number of hydrogen-bond donors (Lipinski definition) is 1. The number of rotatable bonds is 7. The van der Waals surface area contributed by atoms with Gasteiger partial charge < -0.3 is 5.11 Å². The van der Waals surface area contributed by atoms with E-state index in [0.717, 1.165) is 6.42 Å². The third-order valence-corrected chi connectivity index (χ3v) is 4.63. The van der Waals surface area contributed by atoms with Gasteiger partial charge >= 0.3 is 5.97 Å². The fraction of sp³-hybridized carbons (Fsp3) is 0.318. The summed E-state index contributed by atoms with van der Waals surface area (Å²) in [7, 11) is 0. The van der Waals surface area contributed by atoms with Crippen molar-refractivity contribution in [1.29, 1.82) is 0 Å². The summed E-state index contributed by atoms with van der Waals surface area (Å²) in [5.41, 5.74) is 3.79. The van der Waals surface area contributed by atoms with Crippen molar-refractivity contribution in [3.8, 4) is 0 Å². The summed E-state index contributed by atoms with van der Waals surface area (Å²) >= 11 is 0. The maximum atomic E-state index is 11.1. The molecule has 0 aliphatic heterocycles. The van der Waals surface area contributed by atoms with Crippen molar-refractivity contribution < 1.29 is 9.90 Å². The lowest BCUT2D eigenvalue weighted by Crippen LogP contribution is -2.09. The Hall–Kier alpha value is -2.35. The maximum Gasteiger partial charge on any atom is 0.310 e. The summed E-state index contributed by atoms with van der Waals surface area (Å²) in [5, 5.41) is 9.14. The zero-order valence-electron chi connectivity index (χ0n) is 14.6. The number of aliphatic carboxylic acids is 1. The number of carbonyl (C=O) groups is 1. The minimum atomic E-state index is -0.793. The lowest BCUT2D eigenvalue weighted by Gasteiger charge is -2.23. The topological polar surface area (TPSA) is 37.3 Å².